The third-order valence-corrected chi connectivity index (χ3v) is 9.01. The molecule has 0 aliphatic carbocycles. The fourth-order valence-electron chi connectivity index (χ4n) is 6.21. The second-order valence-electron chi connectivity index (χ2n) is 11.8. The van der Waals surface area contributed by atoms with E-state index in [4.69, 9.17) is 11.6 Å². The van der Waals surface area contributed by atoms with Crippen LogP contribution >= 0.6 is 11.6 Å². The van der Waals surface area contributed by atoms with Gasteiger partial charge >= 0.3 is 0 Å². The van der Waals surface area contributed by atoms with E-state index in [0.717, 1.165) is 11.1 Å². The van der Waals surface area contributed by atoms with Gasteiger partial charge in [0.25, 0.3) is 0 Å². The maximum atomic E-state index is 15.8. The Bertz CT molecular complexity index is 2250. The smallest absolute Gasteiger partial charge is 0.247 e. The highest BCUT2D eigenvalue weighted by atomic mass is 35.5. The topological polar surface area (TPSA) is 126 Å². The molecule has 2 N–H and O–H groups in total. The van der Waals surface area contributed by atoms with Crippen LogP contribution in [0.25, 0.3) is 44.2 Å². The molecule has 242 valence electrons. The molecule has 1 fully saturated rings. The quantitative estimate of drug-likeness (QED) is 0.187. The van der Waals surface area contributed by atoms with E-state index < -0.39 is 29.8 Å². The van der Waals surface area contributed by atoms with Crippen LogP contribution in [-0.2, 0) is 16.1 Å². The number of benzene rings is 3. The van der Waals surface area contributed by atoms with Crippen molar-refractivity contribution in [2.24, 2.45) is 0 Å². The lowest BCUT2D eigenvalue weighted by atomic mass is 10.0. The molecule has 2 amide bonds. The molecule has 48 heavy (non-hydrogen) atoms. The number of imidazole rings is 1. The molecule has 3 aromatic carbocycles. The molecule has 0 spiro atoms. The lowest BCUT2D eigenvalue weighted by molar-refractivity contribution is -0.137. The summed E-state index contributed by atoms with van der Waals surface area (Å²) in [5.41, 5.74) is 4.15. The SMILES string of the molecule is CC(=O)c1cn(CC(=O)N2C[C@H](F)C[C@H]2C(=O)Nc2cccc(-c3ccc4[nH]cnc4c3Cl)c2F)c2ccc(-c3cnc(C)nc3)cc12. The predicted molar refractivity (Wildman–Crippen MR) is 178 cm³/mol. The highest BCUT2D eigenvalue weighted by molar-refractivity contribution is 6.37. The molecule has 1 saturated heterocycles. The monoisotopic (exact) mass is 667 g/mol. The van der Waals surface area contributed by atoms with Crippen LogP contribution in [0.4, 0.5) is 14.5 Å². The summed E-state index contributed by atoms with van der Waals surface area (Å²) in [4.78, 5) is 56.5. The Morgan fingerprint density at radius 3 is 2.60 bits per heavy atom. The number of fused-ring (bicyclic) bond motifs is 2. The number of nitrogens with one attached hydrogen (secondary N) is 2. The normalized spacial score (nSPS) is 16.1. The number of ketones is 1. The number of anilines is 1. The Balaban J connectivity index is 1.13. The van der Waals surface area contributed by atoms with Crippen LogP contribution < -0.4 is 5.32 Å². The first kappa shape index (κ1) is 31.1. The van der Waals surface area contributed by atoms with Crippen molar-refractivity contribution in [2.45, 2.75) is 39.0 Å². The molecule has 7 rings (SSSR count). The highest BCUT2D eigenvalue weighted by Gasteiger charge is 2.40. The van der Waals surface area contributed by atoms with E-state index in [9.17, 15) is 18.8 Å². The minimum atomic E-state index is -1.45. The van der Waals surface area contributed by atoms with Crippen LogP contribution in [0.2, 0.25) is 5.02 Å². The zero-order valence-electron chi connectivity index (χ0n) is 25.8. The number of Topliss-reactive ketones (excluding diaryl/α,β-unsaturated/α-hetero) is 1. The minimum Gasteiger partial charge on any atom is -0.345 e. The van der Waals surface area contributed by atoms with E-state index in [0.29, 0.717) is 38.9 Å². The summed E-state index contributed by atoms with van der Waals surface area (Å²) in [6, 6.07) is 12.2. The Hall–Kier alpha value is -5.49. The average Bonchev–Trinajstić information content (AvgIpc) is 3.80. The number of hydrogen-bond donors (Lipinski definition) is 2. The number of carbonyl (C=O) groups is 3. The number of aromatic amines is 1. The Morgan fingerprint density at radius 1 is 1.04 bits per heavy atom. The molecular formula is C35H28ClF2N7O3. The van der Waals surface area contributed by atoms with Gasteiger partial charge in [0.15, 0.2) is 11.6 Å². The maximum absolute atomic E-state index is 15.8. The first-order chi connectivity index (χ1) is 23.1. The predicted octanol–water partition coefficient (Wildman–Crippen LogP) is 6.52. The molecule has 0 radical (unpaired) electrons. The first-order valence-electron chi connectivity index (χ1n) is 15.2. The molecule has 0 unspecified atom stereocenters. The van der Waals surface area contributed by atoms with Gasteiger partial charge in [0.1, 0.15) is 30.1 Å². The van der Waals surface area contributed by atoms with Crippen molar-refractivity contribution in [2.75, 3.05) is 11.9 Å². The summed E-state index contributed by atoms with van der Waals surface area (Å²) in [5.74, 6) is -1.54. The molecular weight excluding hydrogens is 640 g/mol. The van der Waals surface area contributed by atoms with Crippen LogP contribution in [0, 0.1) is 12.7 Å². The summed E-state index contributed by atoms with van der Waals surface area (Å²) in [7, 11) is 0. The first-order valence-corrected chi connectivity index (χ1v) is 15.5. The molecule has 4 heterocycles. The maximum Gasteiger partial charge on any atom is 0.247 e. The van der Waals surface area contributed by atoms with Gasteiger partial charge in [0, 0.05) is 58.2 Å². The summed E-state index contributed by atoms with van der Waals surface area (Å²) >= 11 is 6.54. The molecule has 3 aromatic heterocycles. The number of aromatic nitrogens is 5. The zero-order chi connectivity index (χ0) is 33.7. The van der Waals surface area contributed by atoms with Crippen molar-refractivity contribution >= 4 is 56.8 Å². The summed E-state index contributed by atoms with van der Waals surface area (Å²) in [6.45, 7) is 2.68. The molecule has 10 nitrogen and oxygen atoms in total. The number of likely N-dealkylation sites (tertiary alicyclic amines) is 1. The van der Waals surface area contributed by atoms with Gasteiger partial charge in [0.05, 0.1) is 29.1 Å². The summed E-state index contributed by atoms with van der Waals surface area (Å²) < 4.78 is 32.2. The molecule has 0 bridgehead atoms. The number of halogens is 3. The summed E-state index contributed by atoms with van der Waals surface area (Å²) in [5, 5.41) is 3.43. The zero-order valence-corrected chi connectivity index (χ0v) is 26.6. The van der Waals surface area contributed by atoms with Crippen molar-refractivity contribution in [1.29, 1.82) is 0 Å². The van der Waals surface area contributed by atoms with Crippen molar-refractivity contribution < 1.29 is 23.2 Å². The van der Waals surface area contributed by atoms with Crippen LogP contribution in [0.1, 0.15) is 29.5 Å². The van der Waals surface area contributed by atoms with Gasteiger partial charge in [-0.15, -0.1) is 0 Å². The van der Waals surface area contributed by atoms with Gasteiger partial charge in [-0.3, -0.25) is 14.4 Å². The standard InChI is InChI=1S/C35H28ClF2N7O3/c1-18(46)26-15-44(29-9-6-20(10-25(26)29)21-12-39-19(2)40-13-21)16-31(47)45-14-22(37)11-30(45)35(48)43-27-5-3-4-24(33(27)38)23-7-8-28-34(32(23)36)42-17-41-28/h3-10,12-13,15,17,22,30H,11,14,16H2,1-2H3,(H,41,42)(H,43,48)/t22-,30+/m1/s1. The van der Waals surface area contributed by atoms with Crippen LogP contribution in [-0.4, -0.2) is 65.8 Å². The van der Waals surface area contributed by atoms with E-state index in [2.05, 4.69) is 25.3 Å². The van der Waals surface area contributed by atoms with Gasteiger partial charge in [-0.2, -0.15) is 0 Å². The molecule has 1 aliphatic heterocycles. The van der Waals surface area contributed by atoms with Crippen LogP contribution in [0.15, 0.2) is 73.4 Å². The third-order valence-electron chi connectivity index (χ3n) is 8.63. The van der Waals surface area contributed by atoms with Crippen molar-refractivity contribution in [3.05, 3.63) is 95.7 Å². The van der Waals surface area contributed by atoms with Crippen molar-refractivity contribution in [3.8, 4) is 22.3 Å². The molecule has 1 aliphatic rings. The van der Waals surface area contributed by atoms with E-state index in [1.54, 1.807) is 54.3 Å². The van der Waals surface area contributed by atoms with Crippen molar-refractivity contribution in [3.63, 3.8) is 0 Å². The fraction of sp³-hybridized carbons (Fsp3) is 0.200. The van der Waals surface area contributed by atoms with E-state index in [1.807, 2.05) is 12.1 Å². The van der Waals surface area contributed by atoms with Crippen molar-refractivity contribution in [1.82, 2.24) is 29.4 Å². The van der Waals surface area contributed by atoms with Crippen LogP contribution in [0.3, 0.4) is 0 Å². The number of nitrogens with zero attached hydrogens (tertiary/aromatic N) is 5. The van der Waals surface area contributed by atoms with Gasteiger partial charge in [-0.1, -0.05) is 35.9 Å². The van der Waals surface area contributed by atoms with E-state index in [-0.39, 0.29) is 41.6 Å². The molecule has 6 aromatic rings. The van der Waals surface area contributed by atoms with E-state index in [1.165, 1.54) is 30.3 Å². The van der Waals surface area contributed by atoms with Gasteiger partial charge in [-0.05, 0) is 43.7 Å². The van der Waals surface area contributed by atoms with Gasteiger partial charge < -0.3 is 19.8 Å². The number of hydrogen-bond acceptors (Lipinski definition) is 6. The third kappa shape index (κ3) is 5.57. The average molecular weight is 668 g/mol. The highest BCUT2D eigenvalue weighted by Crippen LogP contribution is 2.37. The Morgan fingerprint density at radius 2 is 1.83 bits per heavy atom. The molecule has 0 saturated carbocycles. The van der Waals surface area contributed by atoms with Gasteiger partial charge in [0.2, 0.25) is 11.8 Å². The lowest BCUT2D eigenvalue weighted by Gasteiger charge is -2.24. The number of alkyl halides is 1. The number of H-pyrrole nitrogens is 1. The Labute approximate surface area is 277 Å². The van der Waals surface area contributed by atoms with E-state index >= 15 is 4.39 Å². The van der Waals surface area contributed by atoms with Crippen LogP contribution in [0.5, 0.6) is 0 Å². The number of rotatable bonds is 7. The van der Waals surface area contributed by atoms with Gasteiger partial charge in [-0.25, -0.2) is 23.7 Å². The largest absolute Gasteiger partial charge is 0.345 e. The second-order valence-corrected chi connectivity index (χ2v) is 12.1. The lowest BCUT2D eigenvalue weighted by Crippen LogP contribution is -2.44. The number of amides is 2. The molecule has 2 atom stereocenters. The summed E-state index contributed by atoms with van der Waals surface area (Å²) in [6.07, 6.45) is 4.77. The fourth-order valence-corrected chi connectivity index (χ4v) is 6.52. The number of aryl methyl sites for hydroxylation is 1. The second kappa shape index (κ2) is 12.3. The molecule has 13 heteroatoms. The minimum absolute atomic E-state index is 0.136. The number of carbonyl (C=O) groups excluding carboxylic acids is 3. The Kier molecular flexibility index (Phi) is 7.96.